The SMILES string of the molecule is Cn1nnc(COc2c(F)cc(Cl)c3c2[C@@H](CN2C(=O)c4ccccc4C2=O)N(C(=O)O)CC3)c1C(F)F. The van der Waals surface area contributed by atoms with Crippen molar-refractivity contribution in [3.8, 4) is 5.75 Å². The van der Waals surface area contributed by atoms with E-state index >= 15 is 4.39 Å². The van der Waals surface area contributed by atoms with Crippen molar-refractivity contribution in [2.75, 3.05) is 13.1 Å². The van der Waals surface area contributed by atoms with E-state index in [4.69, 9.17) is 16.3 Å². The standard InChI is InChI=1S/C24H19ClF3N5O5/c1-31-19(21(27)28)16(29-30-31)10-38-20-15(26)8-14(25)13-6-7-32(24(36)37)17(18(13)20)9-33-22(34)11-4-2-3-5-12(11)23(33)35/h2-5,8,17,21H,6-7,9-10H2,1H3,(H,36,37)/t17-/m1/s1. The van der Waals surface area contributed by atoms with E-state index in [-0.39, 0.29) is 40.4 Å². The summed E-state index contributed by atoms with van der Waals surface area (Å²) in [5.74, 6) is -2.68. The Bertz CT molecular complexity index is 1440. The Morgan fingerprint density at radius 2 is 1.89 bits per heavy atom. The van der Waals surface area contributed by atoms with Crippen LogP contribution in [0.15, 0.2) is 30.3 Å². The Kier molecular flexibility index (Phi) is 6.47. The van der Waals surface area contributed by atoms with Crippen LogP contribution in [0.1, 0.15) is 55.7 Å². The molecule has 0 bridgehead atoms. The van der Waals surface area contributed by atoms with Crippen molar-refractivity contribution in [3.05, 3.63) is 74.8 Å². The molecule has 0 spiro atoms. The summed E-state index contributed by atoms with van der Waals surface area (Å²) in [6.07, 6.45) is -4.22. The number of fused-ring (bicyclic) bond motifs is 2. The first-order valence-corrected chi connectivity index (χ1v) is 11.7. The lowest BCUT2D eigenvalue weighted by atomic mass is 9.91. The van der Waals surface area contributed by atoms with Gasteiger partial charge in [0.25, 0.3) is 18.2 Å². The van der Waals surface area contributed by atoms with Crippen LogP contribution in [0, 0.1) is 5.82 Å². The highest BCUT2D eigenvalue weighted by molar-refractivity contribution is 6.31. The van der Waals surface area contributed by atoms with Crippen LogP contribution in [0.2, 0.25) is 5.02 Å². The van der Waals surface area contributed by atoms with Crippen molar-refractivity contribution in [2.45, 2.75) is 25.5 Å². The van der Waals surface area contributed by atoms with E-state index in [0.717, 1.165) is 20.5 Å². The molecule has 3 amide bonds. The number of aromatic nitrogens is 3. The average molecular weight is 550 g/mol. The minimum atomic E-state index is -2.93. The van der Waals surface area contributed by atoms with Crippen LogP contribution in [0.3, 0.4) is 0 Å². The van der Waals surface area contributed by atoms with Gasteiger partial charge in [-0.2, -0.15) is 0 Å². The Morgan fingerprint density at radius 1 is 1.24 bits per heavy atom. The van der Waals surface area contributed by atoms with Crippen LogP contribution in [-0.2, 0) is 20.1 Å². The largest absolute Gasteiger partial charge is 0.484 e. The Morgan fingerprint density at radius 3 is 2.50 bits per heavy atom. The molecule has 0 saturated carbocycles. The van der Waals surface area contributed by atoms with E-state index < -0.39 is 60.8 Å². The molecule has 0 unspecified atom stereocenters. The van der Waals surface area contributed by atoms with Gasteiger partial charge < -0.3 is 9.84 Å². The van der Waals surface area contributed by atoms with Gasteiger partial charge in [-0.05, 0) is 30.2 Å². The average Bonchev–Trinajstić information content (AvgIpc) is 3.36. The number of imide groups is 1. The molecule has 10 nitrogen and oxygen atoms in total. The van der Waals surface area contributed by atoms with Crippen LogP contribution < -0.4 is 4.74 Å². The van der Waals surface area contributed by atoms with Crippen molar-refractivity contribution in [2.24, 2.45) is 7.05 Å². The molecule has 3 heterocycles. The maximum Gasteiger partial charge on any atom is 0.407 e. The van der Waals surface area contributed by atoms with Gasteiger partial charge in [0.05, 0.1) is 23.7 Å². The predicted octanol–water partition coefficient (Wildman–Crippen LogP) is 4.00. The first-order chi connectivity index (χ1) is 18.1. The maximum atomic E-state index is 15.3. The fourth-order valence-corrected chi connectivity index (χ4v) is 5.16. The summed E-state index contributed by atoms with van der Waals surface area (Å²) in [6.45, 7) is -1.11. The third-order valence-corrected chi connectivity index (χ3v) is 6.96. The minimum absolute atomic E-state index is 0.00249. The molecule has 0 radical (unpaired) electrons. The van der Waals surface area contributed by atoms with E-state index in [9.17, 15) is 28.3 Å². The molecule has 14 heteroatoms. The molecule has 1 atom stereocenters. The minimum Gasteiger partial charge on any atom is -0.484 e. The van der Waals surface area contributed by atoms with Crippen molar-refractivity contribution in [3.63, 3.8) is 0 Å². The second kappa shape index (κ2) is 9.63. The second-order valence-corrected chi connectivity index (χ2v) is 9.11. The number of carboxylic acid groups (broad SMARTS) is 1. The molecule has 198 valence electrons. The number of nitrogens with zero attached hydrogens (tertiary/aromatic N) is 5. The molecular formula is C24H19ClF3N5O5. The third-order valence-electron chi connectivity index (χ3n) is 6.62. The summed E-state index contributed by atoms with van der Waals surface area (Å²) < 4.78 is 48.7. The van der Waals surface area contributed by atoms with Crippen LogP contribution in [-0.4, -0.2) is 60.9 Å². The molecule has 3 aromatic rings. The molecule has 5 rings (SSSR count). The fourth-order valence-electron chi connectivity index (χ4n) is 4.87. The number of aryl methyl sites for hydroxylation is 1. The highest BCUT2D eigenvalue weighted by Gasteiger charge is 2.42. The number of ether oxygens (including phenoxy) is 1. The third kappa shape index (κ3) is 4.12. The zero-order valence-electron chi connectivity index (χ0n) is 19.7. The zero-order chi connectivity index (χ0) is 27.3. The molecule has 2 aromatic carbocycles. The van der Waals surface area contributed by atoms with Crippen LogP contribution in [0.4, 0.5) is 18.0 Å². The summed E-state index contributed by atoms with van der Waals surface area (Å²) in [4.78, 5) is 40.1. The number of amides is 3. The highest BCUT2D eigenvalue weighted by atomic mass is 35.5. The number of alkyl halides is 2. The topological polar surface area (TPSA) is 118 Å². The number of hydrogen-bond acceptors (Lipinski definition) is 6. The van der Waals surface area contributed by atoms with E-state index in [1.165, 1.54) is 19.2 Å². The second-order valence-electron chi connectivity index (χ2n) is 8.70. The predicted molar refractivity (Wildman–Crippen MR) is 125 cm³/mol. The van der Waals surface area contributed by atoms with Gasteiger partial charge in [-0.3, -0.25) is 19.4 Å². The van der Waals surface area contributed by atoms with Gasteiger partial charge in [-0.15, -0.1) is 5.10 Å². The van der Waals surface area contributed by atoms with Gasteiger partial charge in [-0.25, -0.2) is 22.6 Å². The first kappa shape index (κ1) is 25.5. The van der Waals surface area contributed by atoms with Gasteiger partial charge in [0.2, 0.25) is 0 Å². The number of benzene rings is 2. The lowest BCUT2D eigenvalue weighted by Crippen LogP contribution is -2.46. The van der Waals surface area contributed by atoms with E-state index in [1.54, 1.807) is 12.1 Å². The van der Waals surface area contributed by atoms with E-state index in [2.05, 4.69) is 10.3 Å². The van der Waals surface area contributed by atoms with Gasteiger partial charge >= 0.3 is 6.09 Å². The highest BCUT2D eigenvalue weighted by Crippen LogP contribution is 2.43. The summed E-state index contributed by atoms with van der Waals surface area (Å²) in [7, 11) is 1.27. The number of hydrogen-bond donors (Lipinski definition) is 1. The molecule has 0 fully saturated rings. The normalized spacial score (nSPS) is 16.7. The van der Waals surface area contributed by atoms with Crippen molar-refractivity contribution < 1.29 is 37.4 Å². The quantitative estimate of drug-likeness (QED) is 0.462. The van der Waals surface area contributed by atoms with E-state index in [1.807, 2.05) is 0 Å². The molecule has 2 aliphatic heterocycles. The fraction of sp³-hybridized carbons (Fsp3) is 0.292. The lowest BCUT2D eigenvalue weighted by Gasteiger charge is -2.38. The summed E-state index contributed by atoms with van der Waals surface area (Å²) in [5, 5.41) is 17.1. The van der Waals surface area contributed by atoms with Crippen LogP contribution in [0.5, 0.6) is 5.75 Å². The van der Waals surface area contributed by atoms with Gasteiger partial charge in [0.15, 0.2) is 11.6 Å². The van der Waals surface area contributed by atoms with Gasteiger partial charge in [0, 0.05) is 24.2 Å². The number of carbonyl (C=O) groups excluding carboxylic acids is 2. The Labute approximate surface area is 218 Å². The van der Waals surface area contributed by atoms with Crippen molar-refractivity contribution >= 4 is 29.5 Å². The molecule has 0 aliphatic carbocycles. The number of halogens is 4. The van der Waals surface area contributed by atoms with Gasteiger partial charge in [0.1, 0.15) is 18.0 Å². The maximum absolute atomic E-state index is 15.3. The number of rotatable bonds is 6. The van der Waals surface area contributed by atoms with E-state index in [0.29, 0.717) is 5.56 Å². The summed E-state index contributed by atoms with van der Waals surface area (Å²) in [6, 6.07) is 5.87. The Balaban J connectivity index is 1.56. The lowest BCUT2D eigenvalue weighted by molar-refractivity contribution is 0.0565. The molecule has 2 aliphatic rings. The number of carbonyl (C=O) groups is 3. The first-order valence-electron chi connectivity index (χ1n) is 11.3. The molecule has 1 aromatic heterocycles. The monoisotopic (exact) mass is 549 g/mol. The molecule has 38 heavy (non-hydrogen) atoms. The molecular weight excluding hydrogens is 531 g/mol. The smallest absolute Gasteiger partial charge is 0.407 e. The zero-order valence-corrected chi connectivity index (χ0v) is 20.5. The van der Waals surface area contributed by atoms with Crippen LogP contribution >= 0.6 is 11.6 Å². The van der Waals surface area contributed by atoms with Gasteiger partial charge in [-0.1, -0.05) is 28.9 Å². The van der Waals surface area contributed by atoms with Crippen molar-refractivity contribution in [1.82, 2.24) is 24.8 Å². The molecule has 0 saturated heterocycles. The van der Waals surface area contributed by atoms with Crippen molar-refractivity contribution in [1.29, 1.82) is 0 Å². The summed E-state index contributed by atoms with van der Waals surface area (Å²) >= 11 is 6.31. The summed E-state index contributed by atoms with van der Waals surface area (Å²) in [5.41, 5.74) is -0.0906. The Hall–Kier alpha value is -4.13. The molecule has 1 N–H and O–H groups in total. The van der Waals surface area contributed by atoms with Crippen LogP contribution in [0.25, 0.3) is 0 Å².